The molecule has 0 saturated heterocycles. The fourth-order valence-electron chi connectivity index (χ4n) is 3.10. The van der Waals surface area contributed by atoms with Gasteiger partial charge in [-0.3, -0.25) is 19.5 Å². The normalized spacial score (nSPS) is 10.8. The Kier molecular flexibility index (Phi) is 5.64. The van der Waals surface area contributed by atoms with E-state index in [0.717, 1.165) is 21.6 Å². The van der Waals surface area contributed by atoms with Crippen LogP contribution in [0.25, 0.3) is 20.7 Å². The predicted octanol–water partition coefficient (Wildman–Crippen LogP) is 4.09. The van der Waals surface area contributed by atoms with Gasteiger partial charge in [0.2, 0.25) is 5.91 Å². The molecule has 0 fully saturated rings. The lowest BCUT2D eigenvalue weighted by molar-refractivity contribution is -0.120. The van der Waals surface area contributed by atoms with Crippen LogP contribution in [0.5, 0.6) is 0 Å². The van der Waals surface area contributed by atoms with Crippen molar-refractivity contribution in [3.63, 3.8) is 0 Å². The molecule has 2 aromatic carbocycles. The lowest BCUT2D eigenvalue weighted by Crippen LogP contribution is -2.38. The van der Waals surface area contributed by atoms with Gasteiger partial charge in [-0.2, -0.15) is 0 Å². The standard InChI is InChI=1S/C23H20N4O3S/c1-14-8-9-17(10-15(14)2)25-23(30)26-20(28)12-27-13-24-18-11-19(31-21(18)22(27)29)16-6-4-3-5-7-16/h3-11,13H,12H2,1-2H3,(H2,25,26,28,30). The van der Waals surface area contributed by atoms with E-state index in [-0.39, 0.29) is 12.1 Å². The Balaban J connectivity index is 1.47. The highest BCUT2D eigenvalue weighted by atomic mass is 32.1. The van der Waals surface area contributed by atoms with E-state index in [0.29, 0.717) is 15.9 Å². The minimum absolute atomic E-state index is 0.305. The van der Waals surface area contributed by atoms with E-state index in [1.807, 2.05) is 62.4 Å². The fraction of sp³-hybridized carbons (Fsp3) is 0.130. The average molecular weight is 433 g/mol. The second-order valence-corrected chi connectivity index (χ2v) is 8.22. The number of amides is 3. The Labute approximate surface area is 182 Å². The molecule has 2 N–H and O–H groups in total. The minimum Gasteiger partial charge on any atom is -0.308 e. The first-order chi connectivity index (χ1) is 14.9. The summed E-state index contributed by atoms with van der Waals surface area (Å²) < 4.78 is 1.67. The second kappa shape index (κ2) is 8.53. The number of urea groups is 1. The van der Waals surface area contributed by atoms with E-state index >= 15 is 0 Å². The Morgan fingerprint density at radius 2 is 1.81 bits per heavy atom. The molecule has 31 heavy (non-hydrogen) atoms. The third kappa shape index (κ3) is 4.54. The van der Waals surface area contributed by atoms with Crippen molar-refractivity contribution in [1.82, 2.24) is 14.9 Å². The number of nitrogens with zero attached hydrogens (tertiary/aromatic N) is 2. The van der Waals surface area contributed by atoms with Crippen molar-refractivity contribution in [1.29, 1.82) is 0 Å². The van der Waals surface area contributed by atoms with Crippen LogP contribution in [0.1, 0.15) is 11.1 Å². The zero-order valence-electron chi connectivity index (χ0n) is 17.0. The number of imide groups is 1. The maximum atomic E-state index is 12.8. The Morgan fingerprint density at radius 3 is 2.55 bits per heavy atom. The van der Waals surface area contributed by atoms with E-state index in [1.54, 1.807) is 6.07 Å². The molecule has 156 valence electrons. The number of aryl methyl sites for hydroxylation is 2. The number of hydrogen-bond acceptors (Lipinski definition) is 5. The van der Waals surface area contributed by atoms with E-state index in [9.17, 15) is 14.4 Å². The number of aromatic nitrogens is 2. The molecule has 0 atom stereocenters. The number of thiophene rings is 1. The van der Waals surface area contributed by atoms with Gasteiger partial charge in [-0.05, 0) is 48.7 Å². The van der Waals surface area contributed by atoms with Crippen LogP contribution in [-0.2, 0) is 11.3 Å². The van der Waals surface area contributed by atoms with Crippen molar-refractivity contribution in [2.45, 2.75) is 20.4 Å². The van der Waals surface area contributed by atoms with Crippen LogP contribution in [0.15, 0.2) is 65.7 Å². The summed E-state index contributed by atoms with van der Waals surface area (Å²) in [5.74, 6) is -0.607. The van der Waals surface area contributed by atoms with Crippen LogP contribution in [0, 0.1) is 13.8 Å². The third-order valence-corrected chi connectivity index (χ3v) is 6.06. The Bertz CT molecular complexity index is 1340. The monoisotopic (exact) mass is 432 g/mol. The van der Waals surface area contributed by atoms with Crippen LogP contribution in [0.4, 0.5) is 10.5 Å². The molecule has 0 aliphatic carbocycles. The van der Waals surface area contributed by atoms with Crippen LogP contribution in [-0.4, -0.2) is 21.5 Å². The molecule has 3 amide bonds. The van der Waals surface area contributed by atoms with E-state index in [2.05, 4.69) is 15.6 Å². The molecule has 0 aliphatic heterocycles. The molecule has 0 radical (unpaired) electrons. The highest BCUT2D eigenvalue weighted by molar-refractivity contribution is 7.22. The molecular weight excluding hydrogens is 412 g/mol. The topological polar surface area (TPSA) is 93.1 Å². The molecule has 0 saturated carbocycles. The summed E-state index contributed by atoms with van der Waals surface area (Å²) >= 11 is 1.33. The van der Waals surface area contributed by atoms with Crippen LogP contribution >= 0.6 is 11.3 Å². The van der Waals surface area contributed by atoms with Gasteiger partial charge in [0.1, 0.15) is 11.2 Å². The highest BCUT2D eigenvalue weighted by Gasteiger charge is 2.14. The zero-order valence-corrected chi connectivity index (χ0v) is 17.8. The van der Waals surface area contributed by atoms with Gasteiger partial charge in [-0.25, -0.2) is 9.78 Å². The molecule has 0 aliphatic rings. The van der Waals surface area contributed by atoms with Crippen molar-refractivity contribution in [3.8, 4) is 10.4 Å². The van der Waals surface area contributed by atoms with E-state index in [4.69, 9.17) is 0 Å². The number of rotatable bonds is 4. The predicted molar refractivity (Wildman–Crippen MR) is 122 cm³/mol. The van der Waals surface area contributed by atoms with Crippen LogP contribution in [0.3, 0.4) is 0 Å². The first kappa shape index (κ1) is 20.5. The van der Waals surface area contributed by atoms with Crippen molar-refractivity contribution >= 4 is 39.2 Å². The van der Waals surface area contributed by atoms with Crippen molar-refractivity contribution in [3.05, 3.63) is 82.4 Å². The molecule has 7 nitrogen and oxygen atoms in total. The summed E-state index contributed by atoms with van der Waals surface area (Å²) in [6.07, 6.45) is 1.33. The Morgan fingerprint density at radius 1 is 1.03 bits per heavy atom. The highest BCUT2D eigenvalue weighted by Crippen LogP contribution is 2.30. The number of anilines is 1. The summed E-state index contributed by atoms with van der Waals surface area (Å²) in [4.78, 5) is 42.4. The molecule has 2 heterocycles. The average Bonchev–Trinajstić information content (AvgIpc) is 3.19. The first-order valence-corrected chi connectivity index (χ1v) is 10.4. The molecule has 4 aromatic rings. The van der Waals surface area contributed by atoms with Crippen molar-refractivity contribution in [2.24, 2.45) is 0 Å². The van der Waals surface area contributed by atoms with Crippen molar-refractivity contribution in [2.75, 3.05) is 5.32 Å². The lowest BCUT2D eigenvalue weighted by atomic mass is 10.1. The van der Waals surface area contributed by atoms with Gasteiger partial charge in [0, 0.05) is 10.6 Å². The second-order valence-electron chi connectivity index (χ2n) is 7.17. The summed E-state index contributed by atoms with van der Waals surface area (Å²) in [5, 5.41) is 4.86. The lowest BCUT2D eigenvalue weighted by Gasteiger charge is -2.09. The summed E-state index contributed by atoms with van der Waals surface area (Å²) in [7, 11) is 0. The molecule has 0 bridgehead atoms. The van der Waals surface area contributed by atoms with Gasteiger partial charge in [-0.15, -0.1) is 11.3 Å². The van der Waals surface area contributed by atoms with Gasteiger partial charge in [0.25, 0.3) is 5.56 Å². The molecule has 0 spiro atoms. The van der Waals surface area contributed by atoms with Crippen molar-refractivity contribution < 1.29 is 9.59 Å². The fourth-order valence-corrected chi connectivity index (χ4v) is 4.17. The first-order valence-electron chi connectivity index (χ1n) is 9.63. The summed E-state index contributed by atoms with van der Waals surface area (Å²) in [6.45, 7) is 3.61. The number of hydrogen-bond donors (Lipinski definition) is 2. The van der Waals surface area contributed by atoms with Gasteiger partial charge in [-0.1, -0.05) is 36.4 Å². The van der Waals surface area contributed by atoms with Gasteiger partial charge in [0.15, 0.2) is 0 Å². The quantitative estimate of drug-likeness (QED) is 0.508. The smallest absolute Gasteiger partial charge is 0.308 e. The van der Waals surface area contributed by atoms with Gasteiger partial charge in [0.05, 0.1) is 11.8 Å². The number of carbonyl (C=O) groups is 2. The third-order valence-electron chi connectivity index (χ3n) is 4.89. The van der Waals surface area contributed by atoms with Gasteiger partial charge >= 0.3 is 6.03 Å². The largest absolute Gasteiger partial charge is 0.325 e. The molecule has 8 heteroatoms. The van der Waals surface area contributed by atoms with E-state index < -0.39 is 11.9 Å². The number of nitrogens with one attached hydrogen (secondary N) is 2. The Hall–Kier alpha value is -3.78. The van der Waals surface area contributed by atoms with Gasteiger partial charge < -0.3 is 5.32 Å². The molecular formula is C23H20N4O3S. The number of benzene rings is 2. The van der Waals surface area contributed by atoms with E-state index in [1.165, 1.54) is 22.2 Å². The van der Waals surface area contributed by atoms with Crippen LogP contribution < -0.4 is 16.2 Å². The molecule has 2 aromatic heterocycles. The zero-order chi connectivity index (χ0) is 22.0. The SMILES string of the molecule is Cc1ccc(NC(=O)NC(=O)Cn2cnc3cc(-c4ccccc4)sc3c2=O)cc1C. The maximum Gasteiger partial charge on any atom is 0.325 e. The maximum absolute atomic E-state index is 12.8. The summed E-state index contributed by atoms with van der Waals surface area (Å²) in [5.41, 5.74) is 3.98. The minimum atomic E-state index is -0.655. The summed E-state index contributed by atoms with van der Waals surface area (Å²) in [6, 6.07) is 16.4. The number of fused-ring (bicyclic) bond motifs is 1. The number of carbonyl (C=O) groups excluding carboxylic acids is 2. The molecule has 4 rings (SSSR count). The molecule has 0 unspecified atom stereocenters. The van der Waals surface area contributed by atoms with Crippen LogP contribution in [0.2, 0.25) is 0 Å².